The molecule has 2 heterocycles. The molecular weight excluding hydrogens is 428 g/mol. The van der Waals surface area contributed by atoms with Gasteiger partial charge in [-0.1, -0.05) is 31.2 Å². The molecule has 0 saturated carbocycles. The van der Waals surface area contributed by atoms with E-state index in [1.54, 1.807) is 13.3 Å². The number of fused-ring (bicyclic) bond motifs is 1. The molecule has 3 aromatic rings. The molecule has 1 amide bonds. The highest BCUT2D eigenvalue weighted by Crippen LogP contribution is 2.37. The average Bonchev–Trinajstić information content (AvgIpc) is 3.25. The van der Waals surface area contributed by atoms with Crippen molar-refractivity contribution in [1.82, 2.24) is 15.3 Å². The number of amides is 1. The van der Waals surface area contributed by atoms with Gasteiger partial charge in [-0.15, -0.1) is 0 Å². The minimum absolute atomic E-state index is 0.126. The fraction of sp³-hybridized carbons (Fsp3) is 0.292. The summed E-state index contributed by atoms with van der Waals surface area (Å²) in [6.45, 7) is 6.46. The van der Waals surface area contributed by atoms with Crippen molar-refractivity contribution in [2.24, 2.45) is 0 Å². The van der Waals surface area contributed by atoms with Gasteiger partial charge in [-0.2, -0.15) is 0 Å². The zero-order valence-electron chi connectivity index (χ0n) is 18.0. The zero-order chi connectivity index (χ0) is 22.7. The van der Waals surface area contributed by atoms with E-state index in [4.69, 9.17) is 21.1 Å². The first kappa shape index (κ1) is 22.0. The Bertz CT molecular complexity index is 1170. The Balaban J connectivity index is 1.59. The van der Waals surface area contributed by atoms with Crippen molar-refractivity contribution < 1.29 is 14.3 Å². The van der Waals surface area contributed by atoms with E-state index in [9.17, 15) is 4.79 Å². The molecule has 1 aliphatic rings. The minimum Gasteiger partial charge on any atom is -0.495 e. The molecule has 1 saturated heterocycles. The van der Waals surface area contributed by atoms with Crippen LogP contribution in [-0.4, -0.2) is 48.3 Å². The molecule has 32 heavy (non-hydrogen) atoms. The number of benzene rings is 2. The molecule has 1 aromatic heterocycles. The molecule has 8 heteroatoms. The van der Waals surface area contributed by atoms with E-state index in [1.165, 1.54) is 6.08 Å². The van der Waals surface area contributed by atoms with Gasteiger partial charge in [0.1, 0.15) is 5.75 Å². The van der Waals surface area contributed by atoms with E-state index < -0.39 is 0 Å². The van der Waals surface area contributed by atoms with E-state index in [1.807, 2.05) is 24.3 Å². The van der Waals surface area contributed by atoms with Gasteiger partial charge in [0, 0.05) is 17.1 Å². The molecule has 0 unspecified atom stereocenters. The molecule has 2 aromatic carbocycles. The summed E-state index contributed by atoms with van der Waals surface area (Å²) in [7, 11) is 1.62. The predicted molar refractivity (Wildman–Crippen MR) is 126 cm³/mol. The highest BCUT2D eigenvalue weighted by molar-refractivity contribution is 6.35. The normalized spacial score (nSPS) is 17.8. The number of carbonyl (C=O) groups is 1. The second-order valence-electron chi connectivity index (χ2n) is 7.59. The lowest BCUT2D eigenvalue weighted by Gasteiger charge is -2.19. The number of aryl methyl sites for hydroxylation is 1. The van der Waals surface area contributed by atoms with E-state index >= 15 is 0 Å². The molecular formula is C24H25ClN4O3. The fourth-order valence-corrected chi connectivity index (χ4v) is 4.03. The van der Waals surface area contributed by atoms with Crippen LogP contribution >= 0.6 is 11.6 Å². The number of anilines is 1. The lowest BCUT2D eigenvalue weighted by Crippen LogP contribution is -2.45. The molecule has 2 N–H and O–H groups in total. The van der Waals surface area contributed by atoms with Gasteiger partial charge in [-0.25, -0.2) is 9.97 Å². The third-order valence-electron chi connectivity index (χ3n) is 5.53. The fourth-order valence-electron chi connectivity index (χ4n) is 3.73. The number of rotatable bonds is 7. The third-order valence-corrected chi connectivity index (χ3v) is 5.92. The minimum atomic E-state index is -0.235. The molecule has 1 fully saturated rings. The van der Waals surface area contributed by atoms with Gasteiger partial charge >= 0.3 is 0 Å². The van der Waals surface area contributed by atoms with Gasteiger partial charge in [0.25, 0.3) is 0 Å². The van der Waals surface area contributed by atoms with E-state index in [2.05, 4.69) is 40.2 Å². The summed E-state index contributed by atoms with van der Waals surface area (Å²) in [5.74, 6) is 0.904. The Kier molecular flexibility index (Phi) is 6.58. The van der Waals surface area contributed by atoms with Gasteiger partial charge < -0.3 is 20.1 Å². The Hall–Kier alpha value is -3.16. The smallest absolute Gasteiger partial charge is 0.243 e. The number of hydrogen-bond donors (Lipinski definition) is 2. The summed E-state index contributed by atoms with van der Waals surface area (Å²) in [5, 5.41) is 7.60. The molecule has 2 atom stereocenters. The number of ether oxygens (including phenoxy) is 2. The number of nitrogens with zero attached hydrogens (tertiary/aromatic N) is 2. The van der Waals surface area contributed by atoms with E-state index in [0.717, 1.165) is 34.0 Å². The first-order valence-corrected chi connectivity index (χ1v) is 10.8. The van der Waals surface area contributed by atoms with Crippen LogP contribution in [0.5, 0.6) is 5.75 Å². The lowest BCUT2D eigenvalue weighted by molar-refractivity contribution is -0.117. The molecule has 166 valence electrons. The monoisotopic (exact) mass is 452 g/mol. The molecule has 0 bridgehead atoms. The number of carbonyl (C=O) groups excluding carboxylic acids is 1. The topological polar surface area (TPSA) is 85.4 Å². The largest absolute Gasteiger partial charge is 0.495 e. The van der Waals surface area contributed by atoms with Crippen molar-refractivity contribution in [3.05, 3.63) is 59.8 Å². The molecule has 0 radical (unpaired) electrons. The Morgan fingerprint density at radius 1 is 1.31 bits per heavy atom. The van der Waals surface area contributed by atoms with Crippen molar-refractivity contribution in [3.63, 3.8) is 0 Å². The predicted octanol–water partition coefficient (Wildman–Crippen LogP) is 4.00. The van der Waals surface area contributed by atoms with Gasteiger partial charge in [0.05, 0.1) is 42.9 Å². The van der Waals surface area contributed by atoms with Crippen LogP contribution in [0.4, 0.5) is 5.95 Å². The maximum absolute atomic E-state index is 11.6. The number of aromatic nitrogens is 2. The standard InChI is InChI=1S/C24H25ClN4O3/c1-4-14-8-17(23(25)21(9-14)31-3)15-6-7-18-16(10-15)11-26-24(28-18)29-20-13-32-12-19(20)27-22(30)5-2/h5-11,19-20H,2,4,12-13H2,1,3H3,(H,27,30)(H,26,28,29)/t19-,20+/m0/s1. The van der Waals surface area contributed by atoms with Gasteiger partial charge in [-0.05, 0) is 47.9 Å². The molecule has 4 rings (SSSR count). The third kappa shape index (κ3) is 4.54. The summed E-state index contributed by atoms with van der Waals surface area (Å²) in [6, 6.07) is 9.70. The first-order chi connectivity index (χ1) is 15.5. The van der Waals surface area contributed by atoms with E-state index in [-0.39, 0.29) is 18.0 Å². The number of hydrogen-bond acceptors (Lipinski definition) is 6. The second-order valence-corrected chi connectivity index (χ2v) is 7.97. The summed E-state index contributed by atoms with van der Waals surface area (Å²) in [4.78, 5) is 20.7. The molecule has 0 spiro atoms. The molecule has 7 nitrogen and oxygen atoms in total. The van der Waals surface area contributed by atoms with Crippen molar-refractivity contribution in [2.75, 3.05) is 25.6 Å². The van der Waals surface area contributed by atoms with Crippen LogP contribution in [0.15, 0.2) is 49.2 Å². The number of methoxy groups -OCH3 is 1. The van der Waals surface area contributed by atoms with Crippen molar-refractivity contribution in [2.45, 2.75) is 25.4 Å². The van der Waals surface area contributed by atoms with Crippen LogP contribution in [0, 0.1) is 0 Å². The highest BCUT2D eigenvalue weighted by atomic mass is 35.5. The summed E-state index contributed by atoms with van der Waals surface area (Å²) in [5.41, 5.74) is 3.83. The van der Waals surface area contributed by atoms with Crippen molar-refractivity contribution >= 4 is 34.4 Å². The maximum Gasteiger partial charge on any atom is 0.243 e. The van der Waals surface area contributed by atoms with Crippen LogP contribution in [0.3, 0.4) is 0 Å². The van der Waals surface area contributed by atoms with Crippen LogP contribution < -0.4 is 15.4 Å². The van der Waals surface area contributed by atoms with Crippen LogP contribution in [0.25, 0.3) is 22.0 Å². The first-order valence-electron chi connectivity index (χ1n) is 10.4. The second kappa shape index (κ2) is 9.54. The molecule has 0 aliphatic carbocycles. The maximum atomic E-state index is 11.6. The Labute approximate surface area is 191 Å². The SMILES string of the molecule is C=CC(=O)N[C@H]1COC[C@H]1Nc1ncc2cc(-c3cc(CC)cc(OC)c3Cl)ccc2n1. The van der Waals surface area contributed by atoms with Crippen LogP contribution in [0.2, 0.25) is 5.02 Å². The summed E-state index contributed by atoms with van der Waals surface area (Å²) < 4.78 is 10.9. The Morgan fingerprint density at radius 2 is 2.12 bits per heavy atom. The highest BCUT2D eigenvalue weighted by Gasteiger charge is 2.29. The number of halogens is 1. The Morgan fingerprint density at radius 3 is 2.88 bits per heavy atom. The number of nitrogens with one attached hydrogen (secondary N) is 2. The molecule has 1 aliphatic heterocycles. The summed E-state index contributed by atoms with van der Waals surface area (Å²) in [6.07, 6.45) is 3.90. The summed E-state index contributed by atoms with van der Waals surface area (Å²) >= 11 is 6.59. The zero-order valence-corrected chi connectivity index (χ0v) is 18.8. The van der Waals surface area contributed by atoms with Crippen LogP contribution in [0.1, 0.15) is 12.5 Å². The lowest BCUT2D eigenvalue weighted by atomic mass is 10.00. The van der Waals surface area contributed by atoms with Gasteiger partial charge in [0.2, 0.25) is 11.9 Å². The average molecular weight is 453 g/mol. The van der Waals surface area contributed by atoms with Crippen molar-refractivity contribution in [1.29, 1.82) is 0 Å². The quantitative estimate of drug-likeness (QED) is 0.527. The van der Waals surface area contributed by atoms with Crippen molar-refractivity contribution in [3.8, 4) is 16.9 Å². The van der Waals surface area contributed by atoms with Crippen LogP contribution in [-0.2, 0) is 16.0 Å². The van der Waals surface area contributed by atoms with Gasteiger partial charge in [-0.3, -0.25) is 4.79 Å². The van der Waals surface area contributed by atoms with E-state index in [0.29, 0.717) is 29.9 Å². The van der Waals surface area contributed by atoms with Gasteiger partial charge in [0.15, 0.2) is 0 Å².